The first-order chi connectivity index (χ1) is 2.56. The summed E-state index contributed by atoms with van der Waals surface area (Å²) in [6.45, 7) is 0. The van der Waals surface area contributed by atoms with E-state index in [2.05, 4.69) is 20.2 Å². The van der Waals surface area contributed by atoms with E-state index in [4.69, 9.17) is 0 Å². The number of rotatable bonds is 0. The second kappa shape index (κ2) is 1.82. The maximum absolute atomic E-state index is 10.5. The SMILES string of the molecule is FC(F)(F)[O][Cu]. The molecule has 0 amide bonds. The Hall–Kier alpha value is 0.269. The van der Waals surface area contributed by atoms with Gasteiger partial charge in [0.05, 0.1) is 0 Å². The van der Waals surface area contributed by atoms with Gasteiger partial charge in [-0.2, -0.15) is 0 Å². The third kappa shape index (κ3) is 4.27. The van der Waals surface area contributed by atoms with Gasteiger partial charge < -0.3 is 0 Å². The van der Waals surface area contributed by atoms with Crippen LogP contribution in [0.25, 0.3) is 0 Å². The van der Waals surface area contributed by atoms with Gasteiger partial charge in [-0.1, -0.05) is 0 Å². The van der Waals surface area contributed by atoms with Crippen LogP contribution in [0.5, 0.6) is 0 Å². The first kappa shape index (κ1) is 6.27. The molecule has 0 unspecified atom stereocenters. The molecule has 5 heteroatoms. The van der Waals surface area contributed by atoms with Gasteiger partial charge in [0.1, 0.15) is 0 Å². The van der Waals surface area contributed by atoms with Crippen LogP contribution in [0.2, 0.25) is 0 Å². The third-order valence-electron chi connectivity index (χ3n) is 0.0698. The summed E-state index contributed by atoms with van der Waals surface area (Å²) in [4.78, 5) is 0. The topological polar surface area (TPSA) is 9.23 Å². The van der Waals surface area contributed by atoms with Crippen molar-refractivity contribution in [3.05, 3.63) is 0 Å². The van der Waals surface area contributed by atoms with Gasteiger partial charge in [-0.25, -0.2) is 0 Å². The van der Waals surface area contributed by atoms with Crippen LogP contribution in [-0.4, -0.2) is 6.36 Å². The van der Waals surface area contributed by atoms with E-state index in [0.717, 1.165) is 0 Å². The van der Waals surface area contributed by atoms with Gasteiger partial charge in [-0.15, -0.1) is 0 Å². The number of halogens is 3. The summed E-state index contributed by atoms with van der Waals surface area (Å²) < 4.78 is 33.9. The molecule has 0 bridgehead atoms. The zero-order chi connectivity index (χ0) is 5.21. The van der Waals surface area contributed by atoms with E-state index in [9.17, 15) is 13.2 Å². The van der Waals surface area contributed by atoms with Gasteiger partial charge in [0, 0.05) is 0 Å². The van der Waals surface area contributed by atoms with Gasteiger partial charge in [-0.3, -0.25) is 0 Å². The summed E-state index contributed by atoms with van der Waals surface area (Å²) >= 11 is 3.29. The van der Waals surface area contributed by atoms with Gasteiger partial charge in [0.25, 0.3) is 0 Å². The van der Waals surface area contributed by atoms with E-state index in [-0.39, 0.29) is 0 Å². The van der Waals surface area contributed by atoms with Gasteiger partial charge >= 0.3 is 39.7 Å². The van der Waals surface area contributed by atoms with E-state index in [0.29, 0.717) is 0 Å². The molecule has 0 aliphatic rings. The fourth-order valence-corrected chi connectivity index (χ4v) is 0. The number of alkyl halides is 3. The molecule has 0 aliphatic carbocycles. The van der Waals surface area contributed by atoms with Crippen molar-refractivity contribution in [1.82, 2.24) is 0 Å². The Balaban J connectivity index is 3.17. The van der Waals surface area contributed by atoms with Crippen molar-refractivity contribution < 1.29 is 33.3 Å². The standard InChI is InChI=1S/CF3O.Cu/c2-1(3,4)5;/q-1;+1. The fourth-order valence-electron chi connectivity index (χ4n) is 0. The summed E-state index contributed by atoms with van der Waals surface area (Å²) in [6, 6.07) is 0. The zero-order valence-electron chi connectivity index (χ0n) is 2.34. The predicted octanol–water partition coefficient (Wildman–Crippen LogP) is 0.985. The molecule has 0 saturated heterocycles. The molecule has 0 atom stereocenters. The molecule has 0 aromatic rings. The molecule has 6 heavy (non-hydrogen) atoms. The third-order valence-corrected chi connectivity index (χ3v) is 0.288. The molecule has 0 N–H and O–H groups in total. The number of hydrogen-bond donors (Lipinski definition) is 0. The van der Waals surface area contributed by atoms with Crippen LogP contribution in [0.4, 0.5) is 13.2 Å². The van der Waals surface area contributed by atoms with Crippen LogP contribution in [0.15, 0.2) is 0 Å². The Morgan fingerprint density at radius 1 is 1.33 bits per heavy atom. The fraction of sp³-hybridized carbons (Fsp3) is 1.00. The molecular weight excluding hydrogens is 149 g/mol. The Morgan fingerprint density at radius 3 is 1.50 bits per heavy atom. The molecule has 0 heterocycles. The minimum absolute atomic E-state index is 2.50. The summed E-state index contributed by atoms with van der Waals surface area (Å²) in [5.41, 5.74) is 0. The van der Waals surface area contributed by atoms with Crippen LogP contribution in [-0.2, 0) is 20.2 Å². The van der Waals surface area contributed by atoms with E-state index in [1.807, 2.05) is 0 Å². The molecule has 0 radical (unpaired) electrons. The Bertz CT molecular complexity index is 40.5. The molecule has 0 aromatic heterocycles. The van der Waals surface area contributed by atoms with Crippen molar-refractivity contribution in [2.24, 2.45) is 0 Å². The Morgan fingerprint density at radius 2 is 1.50 bits per heavy atom. The van der Waals surface area contributed by atoms with Crippen molar-refractivity contribution in [2.75, 3.05) is 0 Å². The van der Waals surface area contributed by atoms with Crippen molar-refractivity contribution in [1.29, 1.82) is 0 Å². The summed E-state index contributed by atoms with van der Waals surface area (Å²) in [7, 11) is 0. The molecule has 0 aromatic carbocycles. The average Bonchev–Trinajstić information content (AvgIpc) is 1.35. The molecule has 0 rings (SSSR count). The number of hydrogen-bond acceptors (Lipinski definition) is 1. The summed E-state index contributed by atoms with van der Waals surface area (Å²) in [6.07, 6.45) is -4.65. The second-order valence-corrected chi connectivity index (χ2v) is 0.700. The van der Waals surface area contributed by atoms with Crippen LogP contribution in [0.3, 0.4) is 0 Å². The molecule has 0 aliphatic heterocycles. The molecule has 42 valence electrons. The summed E-state index contributed by atoms with van der Waals surface area (Å²) in [5.74, 6) is 0. The minimum atomic E-state index is -4.65. The first-order valence-electron chi connectivity index (χ1n) is 0.894. The maximum atomic E-state index is 10.5. The van der Waals surface area contributed by atoms with Crippen molar-refractivity contribution in [3.8, 4) is 0 Å². The van der Waals surface area contributed by atoms with Crippen LogP contribution in [0.1, 0.15) is 0 Å². The van der Waals surface area contributed by atoms with Crippen molar-refractivity contribution in [2.45, 2.75) is 6.36 Å². The predicted molar refractivity (Wildman–Crippen MR) is 7.14 cm³/mol. The average molecular weight is 149 g/mol. The van der Waals surface area contributed by atoms with Gasteiger partial charge in [0.2, 0.25) is 0 Å². The monoisotopic (exact) mass is 148 g/mol. The van der Waals surface area contributed by atoms with Crippen molar-refractivity contribution in [3.63, 3.8) is 0 Å². The molecule has 0 fully saturated rings. The molecule has 0 saturated carbocycles. The molecule has 0 spiro atoms. The van der Waals surface area contributed by atoms with E-state index in [1.165, 1.54) is 0 Å². The van der Waals surface area contributed by atoms with Crippen LogP contribution >= 0.6 is 0 Å². The van der Waals surface area contributed by atoms with Crippen molar-refractivity contribution >= 4 is 0 Å². The first-order valence-corrected chi connectivity index (χ1v) is 1.28. The zero-order valence-corrected chi connectivity index (χ0v) is 3.29. The van der Waals surface area contributed by atoms with Gasteiger partial charge in [0.15, 0.2) is 0 Å². The summed E-state index contributed by atoms with van der Waals surface area (Å²) in [5, 5.41) is 0. The molecular formula is CCuF3O. The van der Waals surface area contributed by atoms with Crippen LogP contribution < -0.4 is 0 Å². The van der Waals surface area contributed by atoms with E-state index >= 15 is 0 Å². The second-order valence-electron chi connectivity index (χ2n) is 0.507. The quantitative estimate of drug-likeness (QED) is 0.466. The van der Waals surface area contributed by atoms with Gasteiger partial charge in [-0.05, 0) is 0 Å². The van der Waals surface area contributed by atoms with E-state index in [1.54, 1.807) is 0 Å². The van der Waals surface area contributed by atoms with Crippen LogP contribution in [0, 0.1) is 0 Å². The Labute approximate surface area is 40.6 Å². The molecule has 1 nitrogen and oxygen atoms in total. The van der Waals surface area contributed by atoms with E-state index < -0.39 is 6.36 Å². The normalized spacial score (nSPS) is 12.2. The Kier molecular flexibility index (Phi) is 1.90.